The molecular weight excluding hydrogens is 210 g/mol. The second-order valence-electron chi connectivity index (χ2n) is 4.88. The van der Waals surface area contributed by atoms with Crippen LogP contribution < -0.4 is 5.32 Å². The minimum absolute atomic E-state index is 0.101. The third-order valence-electron chi connectivity index (χ3n) is 3.34. The number of rotatable bonds is 6. The highest BCUT2D eigenvalue weighted by molar-refractivity contribution is 5.31. The lowest BCUT2D eigenvalue weighted by Crippen LogP contribution is -2.32. The topological polar surface area (TPSA) is 32.3 Å². The summed E-state index contributed by atoms with van der Waals surface area (Å²) in [5.74, 6) is 0. The van der Waals surface area contributed by atoms with Crippen LogP contribution >= 0.6 is 0 Å². The summed E-state index contributed by atoms with van der Waals surface area (Å²) in [6.45, 7) is 9.36. The SMILES string of the molecule is CCCCNC(C)C(O)c1ccc(C)c(C)c1. The number of hydrogen-bond donors (Lipinski definition) is 2. The maximum atomic E-state index is 10.2. The summed E-state index contributed by atoms with van der Waals surface area (Å²) in [5, 5.41) is 13.6. The van der Waals surface area contributed by atoms with Crippen LogP contribution in [0.15, 0.2) is 18.2 Å². The van der Waals surface area contributed by atoms with Gasteiger partial charge in [-0.25, -0.2) is 0 Å². The lowest BCUT2D eigenvalue weighted by Gasteiger charge is -2.21. The summed E-state index contributed by atoms with van der Waals surface area (Å²) < 4.78 is 0. The summed E-state index contributed by atoms with van der Waals surface area (Å²) in [6.07, 6.45) is 1.91. The van der Waals surface area contributed by atoms with Crippen molar-refractivity contribution in [1.29, 1.82) is 0 Å². The van der Waals surface area contributed by atoms with E-state index in [0.717, 1.165) is 18.5 Å². The summed E-state index contributed by atoms with van der Waals surface area (Å²) in [7, 11) is 0. The Labute approximate surface area is 105 Å². The van der Waals surface area contributed by atoms with Gasteiger partial charge in [-0.2, -0.15) is 0 Å². The number of aliphatic hydroxyl groups excluding tert-OH is 1. The molecule has 96 valence electrons. The highest BCUT2D eigenvalue weighted by atomic mass is 16.3. The van der Waals surface area contributed by atoms with Crippen LogP contribution in [-0.2, 0) is 0 Å². The average molecular weight is 235 g/mol. The van der Waals surface area contributed by atoms with E-state index in [9.17, 15) is 5.11 Å². The molecule has 0 saturated heterocycles. The Morgan fingerprint density at radius 1 is 1.24 bits per heavy atom. The van der Waals surface area contributed by atoms with E-state index in [1.807, 2.05) is 13.0 Å². The van der Waals surface area contributed by atoms with Gasteiger partial charge < -0.3 is 10.4 Å². The standard InChI is InChI=1S/C15H25NO/c1-5-6-9-16-13(4)15(17)14-8-7-11(2)12(3)10-14/h7-8,10,13,15-17H,5-6,9H2,1-4H3. The first-order valence-electron chi connectivity index (χ1n) is 6.54. The van der Waals surface area contributed by atoms with Crippen LogP contribution in [0.1, 0.15) is 49.5 Å². The Morgan fingerprint density at radius 2 is 1.94 bits per heavy atom. The molecule has 1 aromatic rings. The van der Waals surface area contributed by atoms with Crippen molar-refractivity contribution in [2.75, 3.05) is 6.54 Å². The van der Waals surface area contributed by atoms with Crippen molar-refractivity contribution in [2.45, 2.75) is 52.7 Å². The molecule has 0 aromatic heterocycles. The Balaban J connectivity index is 2.61. The van der Waals surface area contributed by atoms with E-state index < -0.39 is 6.10 Å². The van der Waals surface area contributed by atoms with Gasteiger partial charge in [0.1, 0.15) is 0 Å². The number of benzene rings is 1. The molecule has 0 spiro atoms. The molecule has 2 nitrogen and oxygen atoms in total. The molecule has 0 aliphatic heterocycles. The third-order valence-corrected chi connectivity index (χ3v) is 3.34. The fraction of sp³-hybridized carbons (Fsp3) is 0.600. The van der Waals surface area contributed by atoms with E-state index in [2.05, 4.69) is 38.2 Å². The van der Waals surface area contributed by atoms with Gasteiger partial charge in [-0.05, 0) is 50.4 Å². The van der Waals surface area contributed by atoms with Crippen LogP contribution in [0.25, 0.3) is 0 Å². The number of unbranched alkanes of at least 4 members (excludes halogenated alkanes) is 1. The molecule has 2 atom stereocenters. The highest BCUT2D eigenvalue weighted by Gasteiger charge is 2.15. The van der Waals surface area contributed by atoms with Crippen molar-refractivity contribution in [3.63, 3.8) is 0 Å². The summed E-state index contributed by atoms with van der Waals surface area (Å²) in [6, 6.07) is 6.28. The molecule has 17 heavy (non-hydrogen) atoms. The summed E-state index contributed by atoms with van der Waals surface area (Å²) in [5.41, 5.74) is 3.51. The number of aryl methyl sites for hydroxylation is 2. The zero-order valence-electron chi connectivity index (χ0n) is 11.5. The molecule has 0 amide bonds. The lowest BCUT2D eigenvalue weighted by atomic mass is 9.99. The van der Waals surface area contributed by atoms with E-state index in [4.69, 9.17) is 0 Å². The normalized spacial score (nSPS) is 14.6. The van der Waals surface area contributed by atoms with Crippen LogP contribution in [0.2, 0.25) is 0 Å². The number of nitrogens with one attached hydrogen (secondary N) is 1. The molecule has 0 saturated carbocycles. The predicted molar refractivity (Wildman–Crippen MR) is 73.2 cm³/mol. The number of aliphatic hydroxyl groups is 1. The maximum Gasteiger partial charge on any atom is 0.0940 e. The van der Waals surface area contributed by atoms with Gasteiger partial charge in [0.2, 0.25) is 0 Å². The van der Waals surface area contributed by atoms with Crippen LogP contribution in [0, 0.1) is 13.8 Å². The van der Waals surface area contributed by atoms with E-state index in [0.29, 0.717) is 0 Å². The molecule has 0 radical (unpaired) electrons. The zero-order chi connectivity index (χ0) is 12.8. The molecule has 0 aliphatic rings. The van der Waals surface area contributed by atoms with Gasteiger partial charge in [-0.3, -0.25) is 0 Å². The minimum Gasteiger partial charge on any atom is -0.387 e. The Kier molecular flexibility index (Phi) is 5.66. The largest absolute Gasteiger partial charge is 0.387 e. The lowest BCUT2D eigenvalue weighted by molar-refractivity contribution is 0.136. The molecule has 2 heteroatoms. The molecule has 0 bridgehead atoms. The molecular formula is C15H25NO. The first-order chi connectivity index (χ1) is 8.06. The third kappa shape index (κ3) is 4.14. The van der Waals surface area contributed by atoms with E-state index in [1.165, 1.54) is 17.5 Å². The quantitative estimate of drug-likeness (QED) is 0.743. The van der Waals surface area contributed by atoms with Crippen LogP contribution in [0.4, 0.5) is 0 Å². The monoisotopic (exact) mass is 235 g/mol. The molecule has 2 unspecified atom stereocenters. The smallest absolute Gasteiger partial charge is 0.0940 e. The van der Waals surface area contributed by atoms with Crippen molar-refractivity contribution >= 4 is 0 Å². The minimum atomic E-state index is -0.425. The zero-order valence-corrected chi connectivity index (χ0v) is 11.5. The van der Waals surface area contributed by atoms with Gasteiger partial charge in [0.05, 0.1) is 6.10 Å². The predicted octanol–water partition coefficient (Wildman–Crippen LogP) is 3.12. The second-order valence-corrected chi connectivity index (χ2v) is 4.88. The molecule has 0 fully saturated rings. The van der Waals surface area contributed by atoms with Gasteiger partial charge >= 0.3 is 0 Å². The van der Waals surface area contributed by atoms with Crippen molar-refractivity contribution in [2.24, 2.45) is 0 Å². The van der Waals surface area contributed by atoms with Crippen LogP contribution in [-0.4, -0.2) is 17.7 Å². The van der Waals surface area contributed by atoms with Gasteiger partial charge in [-0.1, -0.05) is 31.5 Å². The van der Waals surface area contributed by atoms with E-state index >= 15 is 0 Å². The van der Waals surface area contributed by atoms with Gasteiger partial charge in [0.25, 0.3) is 0 Å². The first kappa shape index (κ1) is 14.2. The van der Waals surface area contributed by atoms with E-state index in [1.54, 1.807) is 0 Å². The van der Waals surface area contributed by atoms with Crippen LogP contribution in [0.5, 0.6) is 0 Å². The molecule has 1 rings (SSSR count). The van der Waals surface area contributed by atoms with Crippen molar-refractivity contribution in [3.8, 4) is 0 Å². The van der Waals surface area contributed by atoms with Crippen molar-refractivity contribution in [3.05, 3.63) is 34.9 Å². The maximum absolute atomic E-state index is 10.2. The molecule has 0 heterocycles. The Morgan fingerprint density at radius 3 is 2.53 bits per heavy atom. The van der Waals surface area contributed by atoms with Gasteiger partial charge in [0.15, 0.2) is 0 Å². The Hall–Kier alpha value is -0.860. The van der Waals surface area contributed by atoms with Gasteiger partial charge in [0, 0.05) is 6.04 Å². The van der Waals surface area contributed by atoms with Crippen LogP contribution in [0.3, 0.4) is 0 Å². The van der Waals surface area contributed by atoms with Crippen molar-refractivity contribution in [1.82, 2.24) is 5.32 Å². The highest BCUT2D eigenvalue weighted by Crippen LogP contribution is 2.19. The molecule has 2 N–H and O–H groups in total. The number of hydrogen-bond acceptors (Lipinski definition) is 2. The average Bonchev–Trinajstić information content (AvgIpc) is 2.32. The fourth-order valence-corrected chi connectivity index (χ4v) is 1.86. The van der Waals surface area contributed by atoms with Crippen molar-refractivity contribution < 1.29 is 5.11 Å². The summed E-state index contributed by atoms with van der Waals surface area (Å²) >= 11 is 0. The fourth-order valence-electron chi connectivity index (χ4n) is 1.86. The molecule has 1 aromatic carbocycles. The second kappa shape index (κ2) is 6.77. The summed E-state index contributed by atoms with van der Waals surface area (Å²) in [4.78, 5) is 0. The first-order valence-corrected chi connectivity index (χ1v) is 6.54. The van der Waals surface area contributed by atoms with E-state index in [-0.39, 0.29) is 6.04 Å². The Bertz CT molecular complexity index is 349. The van der Waals surface area contributed by atoms with Gasteiger partial charge in [-0.15, -0.1) is 0 Å². The molecule has 0 aliphatic carbocycles.